The van der Waals surface area contributed by atoms with E-state index in [1.165, 1.54) is 11.8 Å². The van der Waals surface area contributed by atoms with Crippen LogP contribution in [0, 0.1) is 24.2 Å². The number of alkyl halides is 1. The number of amides is 2. The minimum absolute atomic E-state index is 0.0529. The van der Waals surface area contributed by atoms with Gasteiger partial charge in [0, 0.05) is 13.0 Å². The molecule has 230 valence electrons. The van der Waals surface area contributed by atoms with Crippen LogP contribution < -0.4 is 11.1 Å². The Hall–Kier alpha value is -2.28. The number of rotatable bonds is 10. The van der Waals surface area contributed by atoms with Gasteiger partial charge in [-0.1, -0.05) is 0 Å². The lowest BCUT2D eigenvalue weighted by molar-refractivity contribution is -0.205. The summed E-state index contributed by atoms with van der Waals surface area (Å²) >= 11 is 7.57. The normalized spacial score (nSPS) is 30.1. The van der Waals surface area contributed by atoms with Gasteiger partial charge in [0.15, 0.2) is 18.1 Å². The van der Waals surface area contributed by atoms with Crippen LogP contribution in [-0.4, -0.2) is 92.3 Å². The summed E-state index contributed by atoms with van der Waals surface area (Å²) in [5.41, 5.74) is -0.863. The van der Waals surface area contributed by atoms with Gasteiger partial charge in [-0.3, -0.25) is 9.69 Å². The maximum absolute atomic E-state index is 13.7. The molecule has 4 N–H and O–H groups in total. The number of nitrogens with one attached hydrogen (secondary N) is 1. The molecule has 2 aliphatic heterocycles. The summed E-state index contributed by atoms with van der Waals surface area (Å²) in [7, 11) is 0. The van der Waals surface area contributed by atoms with Crippen LogP contribution in [0.15, 0.2) is 13.6 Å². The van der Waals surface area contributed by atoms with Gasteiger partial charge in [-0.15, -0.1) is 23.4 Å². The molecule has 41 heavy (non-hydrogen) atoms. The first kappa shape index (κ1) is 33.2. The number of hydrogen-bond acceptors (Lipinski definition) is 12. The third-order valence-electron chi connectivity index (χ3n) is 7.60. The first-order valence-corrected chi connectivity index (χ1v) is 15.3. The number of aryl methyl sites for hydroxylation is 1. The van der Waals surface area contributed by atoms with Crippen LogP contribution in [0.5, 0.6) is 0 Å². The van der Waals surface area contributed by atoms with Crippen molar-refractivity contribution in [3.05, 3.63) is 22.1 Å². The lowest BCUT2D eigenvalue weighted by atomic mass is 9.92. The van der Waals surface area contributed by atoms with Gasteiger partial charge in [0.1, 0.15) is 35.9 Å². The lowest BCUT2D eigenvalue weighted by Crippen LogP contribution is -2.65. The Kier molecular flexibility index (Phi) is 12.4. The highest BCUT2D eigenvalue weighted by Crippen LogP contribution is 2.31. The van der Waals surface area contributed by atoms with Crippen molar-refractivity contribution in [2.75, 3.05) is 12.8 Å². The number of aliphatic hydroxyl groups is 3. The number of thioether (sulfide) groups is 1. The van der Waals surface area contributed by atoms with Crippen LogP contribution in [0.3, 0.4) is 0 Å². The third-order valence-corrected chi connectivity index (χ3v) is 8.73. The van der Waals surface area contributed by atoms with Crippen molar-refractivity contribution in [1.29, 1.82) is 5.26 Å². The molecule has 2 fully saturated rings. The second kappa shape index (κ2) is 15.3. The van der Waals surface area contributed by atoms with Crippen molar-refractivity contribution >= 4 is 35.4 Å². The molecule has 1 unspecified atom stereocenters. The van der Waals surface area contributed by atoms with Gasteiger partial charge in [0.25, 0.3) is 0 Å². The minimum atomic E-state index is -1.53. The molecule has 3 rings (SSSR count). The Morgan fingerprint density at radius 2 is 1.95 bits per heavy atom. The topological polar surface area (TPSA) is 196 Å². The van der Waals surface area contributed by atoms with Crippen LogP contribution in [0.1, 0.15) is 57.0 Å². The first-order chi connectivity index (χ1) is 19.5. The smallest absolute Gasteiger partial charge is 0.441 e. The summed E-state index contributed by atoms with van der Waals surface area (Å²) in [4.78, 5) is 39.6. The van der Waals surface area contributed by atoms with Gasteiger partial charge >= 0.3 is 11.9 Å². The fourth-order valence-corrected chi connectivity index (χ4v) is 6.11. The van der Waals surface area contributed by atoms with Crippen molar-refractivity contribution in [2.24, 2.45) is 5.92 Å². The number of ether oxygens (including phenoxy) is 2. The molecule has 0 bridgehead atoms. The van der Waals surface area contributed by atoms with Crippen molar-refractivity contribution in [3.8, 4) is 6.07 Å². The van der Waals surface area contributed by atoms with Gasteiger partial charge in [0.05, 0.1) is 17.5 Å². The summed E-state index contributed by atoms with van der Waals surface area (Å²) in [6, 6.07) is 0.182. The Morgan fingerprint density at radius 1 is 1.22 bits per heavy atom. The predicted octanol–water partition coefficient (Wildman–Crippen LogP) is 1.63. The second-order valence-corrected chi connectivity index (χ2v) is 12.0. The number of carbonyl (C=O) groups excluding carboxylic acids is 2. The molecule has 2 aliphatic rings. The molecule has 13 nitrogen and oxygen atoms in total. The second-order valence-electron chi connectivity index (χ2n) is 10.4. The van der Waals surface area contributed by atoms with Gasteiger partial charge in [-0.05, 0) is 58.1 Å². The molecule has 3 heterocycles. The SMILES string of the molecule is CS[C@H]1O[C@H](C(NC(=O)[C@@H]2CC[C@H](CCCC#N)CCN2C(=O)OCc2oc(=O)oc2C)[C@H](C)Cl)[C@H](O)[C@H](O)[C@H]1O. The Balaban J connectivity index is 1.79. The van der Waals surface area contributed by atoms with Gasteiger partial charge < -0.3 is 38.9 Å². The van der Waals surface area contributed by atoms with Crippen LogP contribution in [0.4, 0.5) is 4.79 Å². The molecule has 2 amide bonds. The Bertz CT molecular complexity index is 1120. The number of unbranched alkanes of at least 4 members (excludes halogenated alkanes) is 1. The summed E-state index contributed by atoms with van der Waals surface area (Å²) in [6.07, 6.45) is -1.28. The van der Waals surface area contributed by atoms with E-state index in [2.05, 4.69) is 11.4 Å². The minimum Gasteiger partial charge on any atom is -0.441 e. The van der Waals surface area contributed by atoms with Gasteiger partial charge in [0.2, 0.25) is 5.91 Å². The zero-order valence-corrected chi connectivity index (χ0v) is 24.8. The average molecular weight is 620 g/mol. The van der Waals surface area contributed by atoms with E-state index in [4.69, 9.17) is 35.2 Å². The zero-order valence-electron chi connectivity index (χ0n) is 23.2. The summed E-state index contributed by atoms with van der Waals surface area (Å²) in [5.74, 6) is -1.07. The first-order valence-electron chi connectivity index (χ1n) is 13.5. The van der Waals surface area contributed by atoms with Crippen molar-refractivity contribution < 1.29 is 43.2 Å². The third kappa shape index (κ3) is 8.39. The van der Waals surface area contributed by atoms with Gasteiger partial charge in [-0.2, -0.15) is 5.26 Å². The summed E-state index contributed by atoms with van der Waals surface area (Å²) in [5, 5.41) is 42.3. The van der Waals surface area contributed by atoms with E-state index in [-0.39, 0.29) is 30.6 Å². The number of likely N-dealkylation sites (tertiary alicyclic amines) is 1. The van der Waals surface area contributed by atoms with E-state index in [1.54, 1.807) is 13.2 Å². The maximum Gasteiger partial charge on any atom is 0.519 e. The molecule has 1 aromatic rings. The average Bonchev–Trinajstić information content (AvgIpc) is 3.12. The fourth-order valence-electron chi connectivity index (χ4n) is 5.22. The van der Waals surface area contributed by atoms with Crippen molar-refractivity contribution in [1.82, 2.24) is 10.2 Å². The van der Waals surface area contributed by atoms with E-state index >= 15 is 0 Å². The van der Waals surface area contributed by atoms with E-state index in [0.717, 1.165) is 18.2 Å². The van der Waals surface area contributed by atoms with Crippen LogP contribution in [0.2, 0.25) is 0 Å². The lowest BCUT2D eigenvalue weighted by Gasteiger charge is -2.44. The molecule has 1 aromatic heterocycles. The standard InChI is InChI=1S/C26H38ClN3O10S/c1-13(27)18(22-20(32)19(31)21(33)24(40-22)41-3)29-23(34)16-8-7-15(6-4-5-10-28)9-11-30(16)25(35)37-12-17-14(2)38-26(36)39-17/h13,15-16,18-22,24,31-33H,4-9,11-12H2,1-3H3,(H,29,34)/t13-,15-,16-,18?,19-,20+,21+,22+,24+/m0/s1. The van der Waals surface area contributed by atoms with E-state index in [9.17, 15) is 29.7 Å². The highest BCUT2D eigenvalue weighted by Gasteiger charge is 2.48. The molecule has 0 aliphatic carbocycles. The number of carbonyl (C=O) groups is 2. The molecule has 0 saturated carbocycles. The summed E-state index contributed by atoms with van der Waals surface area (Å²) in [6.45, 7) is 2.92. The predicted molar refractivity (Wildman–Crippen MR) is 147 cm³/mol. The fraction of sp³-hybridized carbons (Fsp3) is 0.769. The number of nitrogens with zero attached hydrogens (tertiary/aromatic N) is 2. The number of aliphatic hydroxyl groups excluding tert-OH is 3. The van der Waals surface area contributed by atoms with Gasteiger partial charge in [-0.25, -0.2) is 9.59 Å². The summed E-state index contributed by atoms with van der Waals surface area (Å²) < 4.78 is 20.9. The Labute approximate surface area is 247 Å². The molecular formula is C26H38ClN3O10S. The maximum atomic E-state index is 13.7. The molecule has 9 atom stereocenters. The zero-order chi connectivity index (χ0) is 30.3. The monoisotopic (exact) mass is 619 g/mol. The molecule has 0 spiro atoms. The molecule has 0 aromatic carbocycles. The van der Waals surface area contributed by atoms with Crippen LogP contribution in [-0.2, 0) is 20.9 Å². The highest BCUT2D eigenvalue weighted by molar-refractivity contribution is 7.99. The van der Waals surface area contributed by atoms with Crippen molar-refractivity contribution in [2.45, 2.75) is 106 Å². The van der Waals surface area contributed by atoms with Crippen molar-refractivity contribution in [3.63, 3.8) is 0 Å². The van der Waals surface area contributed by atoms with Crippen LogP contribution in [0.25, 0.3) is 0 Å². The highest BCUT2D eigenvalue weighted by atomic mass is 35.5. The van der Waals surface area contributed by atoms with E-state index in [1.807, 2.05) is 0 Å². The van der Waals surface area contributed by atoms with E-state index < -0.39 is 65.1 Å². The number of hydrogen-bond donors (Lipinski definition) is 4. The molecule has 15 heteroatoms. The molecular weight excluding hydrogens is 582 g/mol. The number of nitriles is 1. The van der Waals surface area contributed by atoms with Crippen LogP contribution >= 0.6 is 23.4 Å². The van der Waals surface area contributed by atoms with E-state index in [0.29, 0.717) is 32.1 Å². The number of halogens is 1. The molecule has 0 radical (unpaired) electrons. The largest absolute Gasteiger partial charge is 0.519 e. The Morgan fingerprint density at radius 3 is 2.56 bits per heavy atom. The molecule has 2 saturated heterocycles. The quantitative estimate of drug-likeness (QED) is 0.218.